The zero-order valence-electron chi connectivity index (χ0n) is 11.2. The van der Waals surface area contributed by atoms with Crippen LogP contribution in [0.25, 0.3) is 0 Å². The monoisotopic (exact) mass is 261 g/mol. The molecule has 1 atom stereocenters. The maximum atomic E-state index is 11.7. The largest absolute Gasteiger partial charge is 0.479 e. The summed E-state index contributed by atoms with van der Waals surface area (Å²) in [6, 6.07) is 8.61. The third-order valence-electron chi connectivity index (χ3n) is 2.72. The zero-order chi connectivity index (χ0) is 14.3. The van der Waals surface area contributed by atoms with Crippen LogP contribution < -0.4 is 15.8 Å². The van der Waals surface area contributed by atoms with Crippen LogP contribution in [0.3, 0.4) is 0 Å². The fraction of sp³-hybridized carbons (Fsp3) is 0.429. The van der Waals surface area contributed by atoms with Gasteiger partial charge in [-0.25, -0.2) is 0 Å². The number of hydrogen-bond donors (Lipinski definition) is 2. The Morgan fingerprint density at radius 1 is 1.42 bits per heavy atom. The number of hydrogen-bond acceptors (Lipinski definition) is 4. The second-order valence-electron chi connectivity index (χ2n) is 4.63. The summed E-state index contributed by atoms with van der Waals surface area (Å²) in [6.07, 6.45) is 0.296. The number of nitriles is 1. The molecule has 0 aliphatic rings. The van der Waals surface area contributed by atoms with Crippen molar-refractivity contribution in [3.63, 3.8) is 0 Å². The molecule has 19 heavy (non-hydrogen) atoms. The number of benzene rings is 1. The van der Waals surface area contributed by atoms with Crippen LogP contribution in [0.4, 0.5) is 5.69 Å². The summed E-state index contributed by atoms with van der Waals surface area (Å²) >= 11 is 0. The van der Waals surface area contributed by atoms with Crippen molar-refractivity contribution < 1.29 is 9.53 Å². The van der Waals surface area contributed by atoms with Gasteiger partial charge in [0, 0.05) is 18.2 Å². The fourth-order valence-electron chi connectivity index (χ4n) is 1.41. The number of nitrogens with two attached hydrogens (primary N) is 1. The molecule has 0 heterocycles. The number of nitrogens with zero attached hydrogens (tertiary/aromatic N) is 1. The van der Waals surface area contributed by atoms with Crippen molar-refractivity contribution in [1.29, 1.82) is 5.26 Å². The van der Waals surface area contributed by atoms with Gasteiger partial charge in [0.05, 0.1) is 0 Å². The van der Waals surface area contributed by atoms with Gasteiger partial charge in [-0.15, -0.1) is 0 Å². The van der Waals surface area contributed by atoms with Gasteiger partial charge < -0.3 is 15.8 Å². The van der Waals surface area contributed by atoms with E-state index in [0.717, 1.165) is 0 Å². The van der Waals surface area contributed by atoms with Crippen LogP contribution in [0.5, 0.6) is 5.75 Å². The molecule has 1 unspecified atom stereocenters. The van der Waals surface area contributed by atoms with Crippen LogP contribution in [0, 0.1) is 17.2 Å². The molecule has 0 bridgehead atoms. The highest BCUT2D eigenvalue weighted by Gasteiger charge is 2.12. The Bertz CT molecular complexity index is 449. The predicted molar refractivity (Wildman–Crippen MR) is 73.6 cm³/mol. The maximum absolute atomic E-state index is 11.7. The molecule has 0 saturated heterocycles. The topological polar surface area (TPSA) is 88.1 Å². The maximum Gasteiger partial charge on any atom is 0.225 e. The average molecular weight is 261 g/mol. The second kappa shape index (κ2) is 7.39. The Hall–Kier alpha value is -2.06. The van der Waals surface area contributed by atoms with Crippen molar-refractivity contribution in [3.8, 4) is 11.8 Å². The van der Waals surface area contributed by atoms with Gasteiger partial charge in [-0.05, 0) is 30.2 Å². The first-order valence-corrected chi connectivity index (χ1v) is 6.18. The van der Waals surface area contributed by atoms with Crippen LogP contribution in [0.1, 0.15) is 20.3 Å². The van der Waals surface area contributed by atoms with E-state index in [1.54, 1.807) is 24.3 Å². The molecule has 1 aromatic rings. The van der Waals surface area contributed by atoms with Crippen LogP contribution in [0.15, 0.2) is 24.3 Å². The van der Waals surface area contributed by atoms with Crippen molar-refractivity contribution >= 4 is 11.6 Å². The smallest absolute Gasteiger partial charge is 0.225 e. The predicted octanol–water partition coefficient (Wildman–Crippen LogP) is 1.90. The highest BCUT2D eigenvalue weighted by molar-refractivity contribution is 5.91. The lowest BCUT2D eigenvalue weighted by atomic mass is 10.0. The van der Waals surface area contributed by atoms with Gasteiger partial charge in [-0.3, -0.25) is 4.79 Å². The van der Waals surface area contributed by atoms with E-state index in [4.69, 9.17) is 15.7 Å². The van der Waals surface area contributed by atoms with E-state index in [0.29, 0.717) is 17.9 Å². The average Bonchev–Trinajstić information content (AvgIpc) is 2.37. The van der Waals surface area contributed by atoms with Crippen molar-refractivity contribution in [2.45, 2.75) is 26.3 Å². The Morgan fingerprint density at radius 2 is 2.05 bits per heavy atom. The summed E-state index contributed by atoms with van der Waals surface area (Å²) in [6.45, 7) is 3.98. The second-order valence-corrected chi connectivity index (χ2v) is 4.63. The first kappa shape index (κ1) is 15.0. The number of rotatable bonds is 6. The molecule has 0 fully saturated rings. The Morgan fingerprint density at radius 3 is 2.58 bits per heavy atom. The molecule has 0 aromatic heterocycles. The minimum Gasteiger partial charge on any atom is -0.479 e. The molecular weight excluding hydrogens is 242 g/mol. The van der Waals surface area contributed by atoms with Gasteiger partial charge in [0.2, 0.25) is 5.91 Å². The number of anilines is 1. The SMILES string of the molecule is CC(C)C(N)CC(=O)Nc1ccc(OCC#N)cc1. The Kier molecular flexibility index (Phi) is 5.83. The van der Waals surface area contributed by atoms with Crippen LogP contribution in [-0.2, 0) is 4.79 Å². The number of amides is 1. The molecule has 0 saturated carbocycles. The molecule has 0 spiro atoms. The first-order valence-electron chi connectivity index (χ1n) is 6.18. The van der Waals surface area contributed by atoms with E-state index in [1.807, 2.05) is 19.9 Å². The minimum absolute atomic E-state index is 0.00888. The molecule has 102 valence electrons. The van der Waals surface area contributed by atoms with Gasteiger partial charge in [0.15, 0.2) is 6.61 Å². The summed E-state index contributed by atoms with van der Waals surface area (Å²) < 4.78 is 5.12. The fourth-order valence-corrected chi connectivity index (χ4v) is 1.41. The Balaban J connectivity index is 2.49. The van der Waals surface area contributed by atoms with Crippen molar-refractivity contribution in [1.82, 2.24) is 0 Å². The molecule has 1 amide bonds. The zero-order valence-corrected chi connectivity index (χ0v) is 11.2. The van der Waals surface area contributed by atoms with E-state index in [2.05, 4.69) is 5.32 Å². The molecule has 3 N–H and O–H groups in total. The van der Waals surface area contributed by atoms with E-state index < -0.39 is 0 Å². The molecule has 1 aromatic carbocycles. The lowest BCUT2D eigenvalue weighted by molar-refractivity contribution is -0.116. The third kappa shape index (κ3) is 5.40. The number of ether oxygens (including phenoxy) is 1. The first-order chi connectivity index (χ1) is 9.02. The highest BCUT2D eigenvalue weighted by atomic mass is 16.5. The van der Waals surface area contributed by atoms with Gasteiger partial charge >= 0.3 is 0 Å². The van der Waals surface area contributed by atoms with Gasteiger partial charge in [0.1, 0.15) is 11.8 Å². The molecule has 0 aliphatic carbocycles. The standard InChI is InChI=1S/C14H19N3O2/c1-10(2)13(16)9-14(18)17-11-3-5-12(6-4-11)19-8-7-15/h3-6,10,13H,8-9,16H2,1-2H3,(H,17,18). The molecule has 0 radical (unpaired) electrons. The summed E-state index contributed by atoms with van der Waals surface area (Å²) in [7, 11) is 0. The van der Waals surface area contributed by atoms with E-state index in [-0.39, 0.29) is 24.5 Å². The van der Waals surface area contributed by atoms with Crippen LogP contribution in [0.2, 0.25) is 0 Å². The quantitative estimate of drug-likeness (QED) is 0.818. The molecular formula is C14H19N3O2. The lowest BCUT2D eigenvalue weighted by Crippen LogP contribution is -2.31. The number of carbonyl (C=O) groups excluding carboxylic acids is 1. The van der Waals surface area contributed by atoms with Crippen molar-refractivity contribution in [2.24, 2.45) is 11.7 Å². The number of carbonyl (C=O) groups is 1. The van der Waals surface area contributed by atoms with Gasteiger partial charge in [-0.1, -0.05) is 13.8 Å². The number of nitrogens with one attached hydrogen (secondary N) is 1. The molecule has 5 nitrogen and oxygen atoms in total. The van der Waals surface area contributed by atoms with E-state index >= 15 is 0 Å². The highest BCUT2D eigenvalue weighted by Crippen LogP contribution is 2.16. The van der Waals surface area contributed by atoms with Gasteiger partial charge in [0.25, 0.3) is 0 Å². The summed E-state index contributed by atoms with van der Waals surface area (Å²) in [4.78, 5) is 11.7. The minimum atomic E-state index is -0.141. The van der Waals surface area contributed by atoms with Crippen molar-refractivity contribution in [2.75, 3.05) is 11.9 Å². The molecule has 5 heteroatoms. The third-order valence-corrected chi connectivity index (χ3v) is 2.72. The normalized spacial score (nSPS) is 11.7. The van der Waals surface area contributed by atoms with Crippen molar-refractivity contribution in [3.05, 3.63) is 24.3 Å². The van der Waals surface area contributed by atoms with E-state index in [9.17, 15) is 4.79 Å². The molecule has 1 rings (SSSR count). The summed E-state index contributed by atoms with van der Waals surface area (Å²) in [5.74, 6) is 0.762. The van der Waals surface area contributed by atoms with Crippen LogP contribution in [-0.4, -0.2) is 18.6 Å². The Labute approximate surface area is 113 Å². The van der Waals surface area contributed by atoms with Gasteiger partial charge in [-0.2, -0.15) is 5.26 Å². The summed E-state index contributed by atoms with van der Waals surface area (Å²) in [5, 5.41) is 11.2. The lowest BCUT2D eigenvalue weighted by Gasteiger charge is -2.15. The van der Waals surface area contributed by atoms with E-state index in [1.165, 1.54) is 0 Å². The van der Waals surface area contributed by atoms with Crippen LogP contribution >= 0.6 is 0 Å². The molecule has 0 aliphatic heterocycles. The summed E-state index contributed by atoms with van der Waals surface area (Å²) in [5.41, 5.74) is 6.52.